The second-order valence-corrected chi connectivity index (χ2v) is 6.05. The molecule has 3 aromatic rings. The minimum Gasteiger partial charge on any atom is -0.306 e. The molecule has 2 N–H and O–H groups in total. The number of carbonyl (C=O) groups excluding carboxylic acids is 1. The van der Waals surface area contributed by atoms with Crippen LogP contribution in [0.4, 0.5) is 5.82 Å². The maximum absolute atomic E-state index is 12.6. The van der Waals surface area contributed by atoms with Gasteiger partial charge in [0.15, 0.2) is 0 Å². The number of aromatic nitrogens is 4. The van der Waals surface area contributed by atoms with Crippen LogP contribution in [0.3, 0.4) is 0 Å². The molecule has 7 heteroatoms. The first-order valence-electron chi connectivity index (χ1n) is 7.87. The van der Waals surface area contributed by atoms with Gasteiger partial charge in [-0.2, -0.15) is 9.78 Å². The zero-order valence-electron chi connectivity index (χ0n) is 14.5. The van der Waals surface area contributed by atoms with E-state index in [2.05, 4.69) is 20.4 Å². The first-order valence-corrected chi connectivity index (χ1v) is 7.87. The van der Waals surface area contributed by atoms with Gasteiger partial charge >= 0.3 is 0 Å². The Kier molecular flexibility index (Phi) is 4.22. The van der Waals surface area contributed by atoms with Crippen LogP contribution in [0.15, 0.2) is 35.1 Å². The van der Waals surface area contributed by atoms with E-state index >= 15 is 0 Å². The standard InChI is InChI=1S/C18H19N5O2/c1-10-5-6-14(7-11(10)2)17(25)20-15-8-13(4)22-23(15)18-19-12(3)9-16(24)21-18/h5-9H,1-4H3,(H,20,25)(H,19,21,24). The summed E-state index contributed by atoms with van der Waals surface area (Å²) in [6.45, 7) is 7.48. The highest BCUT2D eigenvalue weighted by molar-refractivity contribution is 6.04. The predicted molar refractivity (Wildman–Crippen MR) is 95.3 cm³/mol. The van der Waals surface area contributed by atoms with E-state index in [0.717, 1.165) is 11.1 Å². The molecule has 0 fully saturated rings. The smallest absolute Gasteiger partial charge is 0.256 e. The third-order valence-corrected chi connectivity index (χ3v) is 3.90. The Labute approximate surface area is 144 Å². The van der Waals surface area contributed by atoms with Crippen molar-refractivity contribution in [3.8, 4) is 5.95 Å². The van der Waals surface area contributed by atoms with Gasteiger partial charge in [0.05, 0.1) is 5.69 Å². The molecule has 0 bridgehead atoms. The fourth-order valence-electron chi connectivity index (χ4n) is 2.48. The van der Waals surface area contributed by atoms with E-state index in [9.17, 15) is 9.59 Å². The second kappa shape index (κ2) is 6.35. The quantitative estimate of drug-likeness (QED) is 0.768. The lowest BCUT2D eigenvalue weighted by molar-refractivity contribution is 0.102. The Morgan fingerprint density at radius 1 is 1.04 bits per heavy atom. The van der Waals surface area contributed by atoms with Crippen LogP contribution >= 0.6 is 0 Å². The van der Waals surface area contributed by atoms with Crippen molar-refractivity contribution in [1.82, 2.24) is 19.7 Å². The summed E-state index contributed by atoms with van der Waals surface area (Å²) in [5.74, 6) is 0.446. The number of amides is 1. The van der Waals surface area contributed by atoms with Gasteiger partial charge in [-0.05, 0) is 51.0 Å². The summed E-state index contributed by atoms with van der Waals surface area (Å²) < 4.78 is 1.42. The van der Waals surface area contributed by atoms with E-state index in [1.165, 1.54) is 10.7 Å². The van der Waals surface area contributed by atoms with E-state index in [1.54, 1.807) is 26.0 Å². The third-order valence-electron chi connectivity index (χ3n) is 3.90. The van der Waals surface area contributed by atoms with Crippen molar-refractivity contribution in [3.63, 3.8) is 0 Å². The Hall–Kier alpha value is -3.22. The van der Waals surface area contributed by atoms with E-state index < -0.39 is 0 Å². The molecular formula is C18H19N5O2. The number of H-pyrrole nitrogens is 1. The van der Waals surface area contributed by atoms with Gasteiger partial charge in [-0.15, -0.1) is 0 Å². The third kappa shape index (κ3) is 3.50. The van der Waals surface area contributed by atoms with Gasteiger partial charge in [-0.25, -0.2) is 4.98 Å². The number of nitrogens with one attached hydrogen (secondary N) is 2. The fourth-order valence-corrected chi connectivity index (χ4v) is 2.48. The topological polar surface area (TPSA) is 92.7 Å². The van der Waals surface area contributed by atoms with Crippen molar-refractivity contribution >= 4 is 11.7 Å². The molecule has 2 heterocycles. The van der Waals surface area contributed by atoms with E-state index in [1.807, 2.05) is 26.0 Å². The summed E-state index contributed by atoms with van der Waals surface area (Å²) in [5, 5.41) is 7.14. The van der Waals surface area contributed by atoms with Crippen LogP contribution in [0.25, 0.3) is 5.95 Å². The van der Waals surface area contributed by atoms with Crippen molar-refractivity contribution in [2.75, 3.05) is 5.32 Å². The summed E-state index contributed by atoms with van der Waals surface area (Å²) >= 11 is 0. The Balaban J connectivity index is 1.97. The van der Waals surface area contributed by atoms with Crippen LogP contribution in [0.2, 0.25) is 0 Å². The second-order valence-electron chi connectivity index (χ2n) is 6.05. The number of hydrogen-bond acceptors (Lipinski definition) is 4. The molecule has 1 amide bonds. The van der Waals surface area contributed by atoms with Gasteiger partial charge in [0.2, 0.25) is 5.95 Å². The largest absolute Gasteiger partial charge is 0.306 e. The molecule has 0 radical (unpaired) electrons. The number of aryl methyl sites for hydroxylation is 4. The molecule has 0 unspecified atom stereocenters. The van der Waals surface area contributed by atoms with Crippen LogP contribution in [-0.2, 0) is 0 Å². The summed E-state index contributed by atoms with van der Waals surface area (Å²) in [6, 6.07) is 8.64. The molecule has 0 aliphatic rings. The van der Waals surface area contributed by atoms with Gasteiger partial charge in [0.25, 0.3) is 11.5 Å². The predicted octanol–water partition coefficient (Wildman–Crippen LogP) is 2.44. The van der Waals surface area contributed by atoms with Gasteiger partial charge in [0.1, 0.15) is 5.82 Å². The van der Waals surface area contributed by atoms with Gasteiger partial charge in [-0.1, -0.05) is 6.07 Å². The fraction of sp³-hybridized carbons (Fsp3) is 0.222. The highest BCUT2D eigenvalue weighted by atomic mass is 16.1. The molecule has 0 spiro atoms. The lowest BCUT2D eigenvalue weighted by atomic mass is 10.1. The lowest BCUT2D eigenvalue weighted by Crippen LogP contribution is -2.19. The van der Waals surface area contributed by atoms with Crippen LogP contribution < -0.4 is 10.9 Å². The van der Waals surface area contributed by atoms with Crippen molar-refractivity contribution in [1.29, 1.82) is 0 Å². The van der Waals surface area contributed by atoms with Crippen molar-refractivity contribution in [2.24, 2.45) is 0 Å². The molecule has 0 aliphatic heterocycles. The molecule has 0 aliphatic carbocycles. The van der Waals surface area contributed by atoms with E-state index in [-0.39, 0.29) is 17.4 Å². The van der Waals surface area contributed by atoms with Crippen LogP contribution in [0.1, 0.15) is 32.9 Å². The Morgan fingerprint density at radius 3 is 2.48 bits per heavy atom. The summed E-state index contributed by atoms with van der Waals surface area (Å²) in [4.78, 5) is 31.2. The normalized spacial score (nSPS) is 10.7. The number of rotatable bonds is 3. The molecule has 0 atom stereocenters. The molecule has 1 aromatic carbocycles. The monoisotopic (exact) mass is 337 g/mol. The van der Waals surface area contributed by atoms with Crippen molar-refractivity contribution < 1.29 is 4.79 Å². The number of benzene rings is 1. The molecule has 128 valence electrons. The van der Waals surface area contributed by atoms with Gasteiger partial charge in [0, 0.05) is 23.4 Å². The molecule has 3 rings (SSSR count). The average Bonchev–Trinajstić information content (AvgIpc) is 2.89. The van der Waals surface area contributed by atoms with Crippen molar-refractivity contribution in [3.05, 3.63) is 68.8 Å². The average molecular weight is 337 g/mol. The summed E-state index contributed by atoms with van der Waals surface area (Å²) in [6.07, 6.45) is 0. The summed E-state index contributed by atoms with van der Waals surface area (Å²) in [5.41, 5.74) is 3.71. The zero-order valence-corrected chi connectivity index (χ0v) is 14.5. The Morgan fingerprint density at radius 2 is 1.80 bits per heavy atom. The van der Waals surface area contributed by atoms with Gasteiger partial charge < -0.3 is 5.32 Å². The number of anilines is 1. The van der Waals surface area contributed by atoms with Gasteiger partial charge in [-0.3, -0.25) is 14.6 Å². The first-order chi connectivity index (χ1) is 11.8. The highest BCUT2D eigenvalue weighted by Gasteiger charge is 2.14. The number of hydrogen-bond donors (Lipinski definition) is 2. The molecule has 0 saturated carbocycles. The minimum absolute atomic E-state index is 0.251. The molecule has 2 aromatic heterocycles. The maximum atomic E-state index is 12.6. The van der Waals surface area contributed by atoms with E-state index in [0.29, 0.717) is 22.8 Å². The maximum Gasteiger partial charge on any atom is 0.256 e. The summed E-state index contributed by atoms with van der Waals surface area (Å²) in [7, 11) is 0. The number of aromatic amines is 1. The highest BCUT2D eigenvalue weighted by Crippen LogP contribution is 2.16. The number of carbonyl (C=O) groups is 1. The minimum atomic E-state index is -0.276. The van der Waals surface area contributed by atoms with Crippen LogP contribution in [0.5, 0.6) is 0 Å². The SMILES string of the molecule is Cc1cc(=O)[nH]c(-n2nc(C)cc2NC(=O)c2ccc(C)c(C)c2)n1. The molecule has 7 nitrogen and oxygen atoms in total. The van der Waals surface area contributed by atoms with E-state index in [4.69, 9.17) is 0 Å². The lowest BCUT2D eigenvalue weighted by Gasteiger charge is -2.09. The first kappa shape index (κ1) is 16.6. The molecule has 25 heavy (non-hydrogen) atoms. The van der Waals surface area contributed by atoms with Crippen LogP contribution in [-0.4, -0.2) is 25.7 Å². The van der Waals surface area contributed by atoms with Crippen molar-refractivity contribution in [2.45, 2.75) is 27.7 Å². The Bertz CT molecular complexity index is 1020. The number of nitrogens with zero attached hydrogens (tertiary/aromatic N) is 3. The zero-order chi connectivity index (χ0) is 18.1. The van der Waals surface area contributed by atoms with Crippen LogP contribution in [0, 0.1) is 27.7 Å². The molecular weight excluding hydrogens is 318 g/mol. The molecule has 0 saturated heterocycles.